The van der Waals surface area contributed by atoms with E-state index in [0.717, 1.165) is 0 Å². The van der Waals surface area contributed by atoms with Crippen molar-refractivity contribution in [1.82, 2.24) is 15.1 Å². The Morgan fingerprint density at radius 2 is 2.12 bits per heavy atom. The highest BCUT2D eigenvalue weighted by molar-refractivity contribution is 5.94. The zero-order valence-corrected chi connectivity index (χ0v) is 9.21. The quantitative estimate of drug-likeness (QED) is 0.825. The van der Waals surface area contributed by atoms with Gasteiger partial charge in [-0.3, -0.25) is 9.48 Å². The van der Waals surface area contributed by atoms with Crippen molar-refractivity contribution >= 4 is 5.91 Å². The van der Waals surface area contributed by atoms with Crippen LogP contribution in [0.4, 0.5) is 0 Å². The minimum absolute atomic E-state index is 0.151. The van der Waals surface area contributed by atoms with Crippen molar-refractivity contribution in [2.75, 3.05) is 6.54 Å². The maximum absolute atomic E-state index is 11.7. The Balaban J connectivity index is 1.83. The van der Waals surface area contributed by atoms with Gasteiger partial charge in [0, 0.05) is 24.5 Å². The monoisotopic (exact) mass is 231 g/mol. The van der Waals surface area contributed by atoms with Crippen LogP contribution in [-0.4, -0.2) is 27.3 Å². The molecule has 17 heavy (non-hydrogen) atoms. The number of benzene rings is 1. The summed E-state index contributed by atoms with van der Waals surface area (Å²) in [6, 6.07) is 7.98. The average Bonchev–Trinajstić information content (AvgIpc) is 2.83. The number of carbonyl (C=O) groups excluding carboxylic acids is 1. The van der Waals surface area contributed by atoms with E-state index >= 15 is 0 Å². The van der Waals surface area contributed by atoms with Crippen molar-refractivity contribution < 1.29 is 9.90 Å². The molecular formula is C12H13N3O2. The third-order valence-corrected chi connectivity index (χ3v) is 2.32. The first-order chi connectivity index (χ1) is 8.25. The summed E-state index contributed by atoms with van der Waals surface area (Å²) in [6.07, 6.45) is 3.54. The number of rotatable bonds is 4. The lowest BCUT2D eigenvalue weighted by Gasteiger charge is -2.05. The topological polar surface area (TPSA) is 67.2 Å². The molecule has 0 unspecified atom stereocenters. The summed E-state index contributed by atoms with van der Waals surface area (Å²) in [5.74, 6) is -0.00440. The normalized spacial score (nSPS) is 10.1. The van der Waals surface area contributed by atoms with Crippen molar-refractivity contribution in [2.45, 2.75) is 6.54 Å². The van der Waals surface area contributed by atoms with Crippen LogP contribution in [0.3, 0.4) is 0 Å². The third-order valence-electron chi connectivity index (χ3n) is 2.32. The number of nitrogens with one attached hydrogen (secondary N) is 1. The van der Waals surface area contributed by atoms with Crippen LogP contribution < -0.4 is 5.32 Å². The van der Waals surface area contributed by atoms with E-state index in [0.29, 0.717) is 18.7 Å². The van der Waals surface area contributed by atoms with Crippen molar-refractivity contribution in [2.24, 2.45) is 0 Å². The van der Waals surface area contributed by atoms with Crippen molar-refractivity contribution in [3.8, 4) is 5.75 Å². The lowest BCUT2D eigenvalue weighted by atomic mass is 10.2. The van der Waals surface area contributed by atoms with Crippen LogP contribution in [-0.2, 0) is 6.54 Å². The van der Waals surface area contributed by atoms with Gasteiger partial charge in [-0.05, 0) is 30.3 Å². The van der Waals surface area contributed by atoms with Crippen molar-refractivity contribution in [3.63, 3.8) is 0 Å². The van der Waals surface area contributed by atoms with E-state index in [1.165, 1.54) is 12.1 Å². The Morgan fingerprint density at radius 1 is 1.35 bits per heavy atom. The van der Waals surface area contributed by atoms with Gasteiger partial charge >= 0.3 is 0 Å². The van der Waals surface area contributed by atoms with E-state index in [1.54, 1.807) is 23.0 Å². The summed E-state index contributed by atoms with van der Waals surface area (Å²) in [5, 5.41) is 15.9. The number of nitrogens with zero attached hydrogens (tertiary/aromatic N) is 2. The molecular weight excluding hydrogens is 218 g/mol. The standard InChI is InChI=1S/C12H13N3O2/c16-11-4-2-10(3-5-11)12(17)13-7-9-15-8-1-6-14-15/h1-6,8,16H,7,9H2,(H,13,17). The molecule has 0 saturated heterocycles. The molecule has 0 bridgehead atoms. The molecule has 1 aromatic heterocycles. The van der Waals surface area contributed by atoms with Gasteiger partial charge in [0.15, 0.2) is 0 Å². The highest BCUT2D eigenvalue weighted by Crippen LogP contribution is 2.09. The Kier molecular flexibility index (Phi) is 3.40. The minimum atomic E-state index is -0.155. The number of amides is 1. The molecule has 0 atom stereocenters. The summed E-state index contributed by atoms with van der Waals surface area (Å²) >= 11 is 0. The van der Waals surface area contributed by atoms with E-state index in [2.05, 4.69) is 10.4 Å². The van der Waals surface area contributed by atoms with Crippen LogP contribution >= 0.6 is 0 Å². The number of hydrogen-bond donors (Lipinski definition) is 2. The first-order valence-electron chi connectivity index (χ1n) is 5.30. The first-order valence-corrected chi connectivity index (χ1v) is 5.30. The zero-order chi connectivity index (χ0) is 12.1. The molecule has 0 aliphatic heterocycles. The number of phenolic OH excluding ortho intramolecular Hbond substituents is 1. The van der Waals surface area contributed by atoms with Crippen LogP contribution in [0.1, 0.15) is 10.4 Å². The van der Waals surface area contributed by atoms with Crippen LogP contribution in [0.15, 0.2) is 42.7 Å². The largest absolute Gasteiger partial charge is 0.508 e. The Labute approximate surface area is 98.7 Å². The van der Waals surface area contributed by atoms with Gasteiger partial charge in [0.05, 0.1) is 6.54 Å². The van der Waals surface area contributed by atoms with Crippen LogP contribution in [0.2, 0.25) is 0 Å². The lowest BCUT2D eigenvalue weighted by Crippen LogP contribution is -2.27. The van der Waals surface area contributed by atoms with E-state index in [4.69, 9.17) is 5.11 Å². The van der Waals surface area contributed by atoms with Gasteiger partial charge in [-0.2, -0.15) is 5.10 Å². The molecule has 0 saturated carbocycles. The number of aromatic nitrogens is 2. The minimum Gasteiger partial charge on any atom is -0.508 e. The summed E-state index contributed by atoms with van der Waals surface area (Å²) in [5.41, 5.74) is 0.531. The Hall–Kier alpha value is -2.30. The van der Waals surface area contributed by atoms with Crippen molar-refractivity contribution in [3.05, 3.63) is 48.3 Å². The fraction of sp³-hybridized carbons (Fsp3) is 0.167. The third kappa shape index (κ3) is 3.07. The van der Waals surface area contributed by atoms with Gasteiger partial charge in [0.1, 0.15) is 5.75 Å². The smallest absolute Gasteiger partial charge is 0.251 e. The number of phenols is 1. The van der Waals surface area contributed by atoms with Gasteiger partial charge in [-0.15, -0.1) is 0 Å². The second-order valence-corrected chi connectivity index (χ2v) is 3.57. The first kappa shape index (κ1) is 11.2. The van der Waals surface area contributed by atoms with Gasteiger partial charge in [0.2, 0.25) is 0 Å². The lowest BCUT2D eigenvalue weighted by molar-refractivity contribution is 0.0952. The number of carbonyl (C=O) groups is 1. The molecule has 0 fully saturated rings. The second kappa shape index (κ2) is 5.16. The van der Waals surface area contributed by atoms with Gasteiger partial charge < -0.3 is 10.4 Å². The van der Waals surface area contributed by atoms with Crippen LogP contribution in [0, 0.1) is 0 Å². The van der Waals surface area contributed by atoms with Crippen molar-refractivity contribution in [1.29, 1.82) is 0 Å². The molecule has 1 heterocycles. The molecule has 0 aliphatic rings. The van der Waals surface area contributed by atoms with Crippen LogP contribution in [0.5, 0.6) is 5.75 Å². The Bertz CT molecular complexity index is 477. The predicted octanol–water partition coefficient (Wildman–Crippen LogP) is 1.02. The molecule has 1 amide bonds. The average molecular weight is 231 g/mol. The number of hydrogen-bond acceptors (Lipinski definition) is 3. The highest BCUT2D eigenvalue weighted by Gasteiger charge is 2.04. The molecule has 2 rings (SSSR count). The van der Waals surface area contributed by atoms with E-state index in [1.807, 2.05) is 12.3 Å². The van der Waals surface area contributed by atoms with E-state index in [9.17, 15) is 4.79 Å². The van der Waals surface area contributed by atoms with Gasteiger partial charge in [-0.1, -0.05) is 0 Å². The fourth-order valence-corrected chi connectivity index (χ4v) is 1.43. The maximum atomic E-state index is 11.7. The van der Waals surface area contributed by atoms with Gasteiger partial charge in [-0.25, -0.2) is 0 Å². The van der Waals surface area contributed by atoms with E-state index in [-0.39, 0.29) is 11.7 Å². The molecule has 2 aromatic rings. The molecule has 1 aromatic carbocycles. The summed E-state index contributed by atoms with van der Waals surface area (Å²) in [4.78, 5) is 11.7. The summed E-state index contributed by atoms with van der Waals surface area (Å²) in [6.45, 7) is 1.15. The predicted molar refractivity (Wildman–Crippen MR) is 62.7 cm³/mol. The summed E-state index contributed by atoms with van der Waals surface area (Å²) in [7, 11) is 0. The molecule has 0 spiro atoms. The summed E-state index contributed by atoms with van der Waals surface area (Å²) < 4.78 is 1.75. The molecule has 88 valence electrons. The van der Waals surface area contributed by atoms with Crippen LogP contribution in [0.25, 0.3) is 0 Å². The number of aromatic hydroxyl groups is 1. The molecule has 0 radical (unpaired) electrons. The molecule has 2 N–H and O–H groups in total. The molecule has 0 aliphatic carbocycles. The second-order valence-electron chi connectivity index (χ2n) is 3.57. The maximum Gasteiger partial charge on any atom is 0.251 e. The molecule has 5 heteroatoms. The Morgan fingerprint density at radius 3 is 2.76 bits per heavy atom. The SMILES string of the molecule is O=C(NCCn1cccn1)c1ccc(O)cc1. The molecule has 5 nitrogen and oxygen atoms in total. The fourth-order valence-electron chi connectivity index (χ4n) is 1.43. The highest BCUT2D eigenvalue weighted by atomic mass is 16.3. The van der Waals surface area contributed by atoms with Gasteiger partial charge in [0.25, 0.3) is 5.91 Å². The zero-order valence-electron chi connectivity index (χ0n) is 9.21. The van der Waals surface area contributed by atoms with E-state index < -0.39 is 0 Å².